The third kappa shape index (κ3) is 3.64. The molecule has 1 aromatic carbocycles. The molecular formula is C18H24N2O2. The van der Waals surface area contributed by atoms with Gasteiger partial charge in [-0.15, -0.1) is 0 Å². The Morgan fingerprint density at radius 1 is 1.18 bits per heavy atom. The summed E-state index contributed by atoms with van der Waals surface area (Å²) in [6.45, 7) is 6.08. The lowest BCUT2D eigenvalue weighted by atomic mass is 10.0. The van der Waals surface area contributed by atoms with Crippen molar-refractivity contribution in [1.82, 2.24) is 9.88 Å². The Morgan fingerprint density at radius 3 is 2.64 bits per heavy atom. The second-order valence-corrected chi connectivity index (χ2v) is 5.60. The maximum Gasteiger partial charge on any atom is 0.255 e. The molecule has 22 heavy (non-hydrogen) atoms. The van der Waals surface area contributed by atoms with Gasteiger partial charge < -0.3 is 14.6 Å². The van der Waals surface area contributed by atoms with E-state index in [-0.39, 0.29) is 5.56 Å². The average Bonchev–Trinajstić information content (AvgIpc) is 2.49. The third-order valence-corrected chi connectivity index (χ3v) is 3.84. The van der Waals surface area contributed by atoms with Gasteiger partial charge in [0.2, 0.25) is 0 Å². The number of hydrogen-bond donors (Lipinski definition) is 1. The van der Waals surface area contributed by atoms with Crippen molar-refractivity contribution < 1.29 is 4.74 Å². The van der Waals surface area contributed by atoms with Crippen molar-refractivity contribution in [2.45, 2.75) is 20.4 Å². The van der Waals surface area contributed by atoms with E-state index in [4.69, 9.17) is 4.74 Å². The molecule has 4 heteroatoms. The topological polar surface area (TPSA) is 43.3 Å². The van der Waals surface area contributed by atoms with Crippen molar-refractivity contribution in [3.63, 3.8) is 0 Å². The molecule has 0 amide bonds. The van der Waals surface area contributed by atoms with Crippen molar-refractivity contribution >= 4 is 0 Å². The number of rotatable bonds is 6. The smallest absolute Gasteiger partial charge is 0.255 e. The highest BCUT2D eigenvalue weighted by atomic mass is 16.5. The molecule has 4 nitrogen and oxygen atoms in total. The molecule has 0 fully saturated rings. The van der Waals surface area contributed by atoms with Crippen LogP contribution in [0.25, 0.3) is 11.3 Å². The second kappa shape index (κ2) is 7.38. The van der Waals surface area contributed by atoms with Gasteiger partial charge in [-0.25, -0.2) is 0 Å². The SMILES string of the molecule is COCCNCc1ccc(-c2ccc(C)cc2C)n(C)c1=O. The van der Waals surface area contributed by atoms with Crippen molar-refractivity contribution in [3.05, 3.63) is 57.4 Å². The molecule has 0 bridgehead atoms. The van der Waals surface area contributed by atoms with E-state index in [2.05, 4.69) is 37.4 Å². The van der Waals surface area contributed by atoms with E-state index in [0.717, 1.165) is 23.4 Å². The summed E-state index contributed by atoms with van der Waals surface area (Å²) < 4.78 is 6.71. The molecule has 0 aliphatic rings. The zero-order valence-electron chi connectivity index (χ0n) is 13.8. The minimum atomic E-state index is 0.0439. The minimum Gasteiger partial charge on any atom is -0.383 e. The standard InChI is InChI=1S/C18H24N2O2/c1-13-5-7-16(14(2)11-13)17-8-6-15(18(21)20(17)3)12-19-9-10-22-4/h5-8,11,19H,9-10,12H2,1-4H3. The van der Waals surface area contributed by atoms with Gasteiger partial charge in [0, 0.05) is 38.4 Å². The fourth-order valence-corrected chi connectivity index (χ4v) is 2.59. The first-order chi connectivity index (χ1) is 10.5. The Hall–Kier alpha value is -1.91. The predicted molar refractivity (Wildman–Crippen MR) is 90.2 cm³/mol. The predicted octanol–water partition coefficient (Wildman–Crippen LogP) is 2.41. The first kappa shape index (κ1) is 16.5. The molecule has 1 N–H and O–H groups in total. The molecule has 1 heterocycles. The molecule has 2 aromatic rings. The van der Waals surface area contributed by atoms with Crippen LogP contribution in [-0.4, -0.2) is 24.8 Å². The number of benzene rings is 1. The molecule has 0 aliphatic heterocycles. The highest BCUT2D eigenvalue weighted by molar-refractivity contribution is 5.64. The van der Waals surface area contributed by atoms with Gasteiger partial charge in [-0.3, -0.25) is 4.79 Å². The van der Waals surface area contributed by atoms with Crippen LogP contribution in [0.5, 0.6) is 0 Å². The summed E-state index contributed by atoms with van der Waals surface area (Å²) in [5, 5.41) is 3.21. The summed E-state index contributed by atoms with van der Waals surface area (Å²) in [5.41, 5.74) is 5.27. The molecule has 2 rings (SSSR count). The van der Waals surface area contributed by atoms with Gasteiger partial charge in [0.1, 0.15) is 0 Å². The van der Waals surface area contributed by atoms with Crippen molar-refractivity contribution in [3.8, 4) is 11.3 Å². The van der Waals surface area contributed by atoms with Crippen LogP contribution < -0.4 is 10.9 Å². The van der Waals surface area contributed by atoms with Crippen LogP contribution >= 0.6 is 0 Å². The number of aromatic nitrogens is 1. The molecule has 0 radical (unpaired) electrons. The Bertz CT molecular complexity index is 705. The highest BCUT2D eigenvalue weighted by Crippen LogP contribution is 2.23. The molecule has 1 aromatic heterocycles. The summed E-state index contributed by atoms with van der Waals surface area (Å²) in [6.07, 6.45) is 0. The van der Waals surface area contributed by atoms with Crippen LogP contribution in [0, 0.1) is 13.8 Å². The molecule has 118 valence electrons. The van der Waals surface area contributed by atoms with Crippen LogP contribution in [0.1, 0.15) is 16.7 Å². The maximum atomic E-state index is 12.5. The number of aryl methyl sites for hydroxylation is 2. The summed E-state index contributed by atoms with van der Waals surface area (Å²) in [7, 11) is 3.50. The number of ether oxygens (including phenoxy) is 1. The van der Waals surface area contributed by atoms with Gasteiger partial charge in [0.05, 0.1) is 12.3 Å². The van der Waals surface area contributed by atoms with E-state index >= 15 is 0 Å². The fourth-order valence-electron chi connectivity index (χ4n) is 2.59. The molecule has 0 saturated heterocycles. The largest absolute Gasteiger partial charge is 0.383 e. The lowest BCUT2D eigenvalue weighted by molar-refractivity contribution is 0.199. The van der Waals surface area contributed by atoms with E-state index < -0.39 is 0 Å². The van der Waals surface area contributed by atoms with Crippen LogP contribution in [0.3, 0.4) is 0 Å². The summed E-state index contributed by atoms with van der Waals surface area (Å²) in [5.74, 6) is 0. The van der Waals surface area contributed by atoms with E-state index in [1.54, 1.807) is 11.7 Å². The lowest BCUT2D eigenvalue weighted by Crippen LogP contribution is -2.27. The third-order valence-electron chi connectivity index (χ3n) is 3.84. The molecular weight excluding hydrogens is 276 g/mol. The molecule has 0 atom stereocenters. The fraction of sp³-hybridized carbons (Fsp3) is 0.389. The number of pyridine rings is 1. The normalized spacial score (nSPS) is 10.9. The van der Waals surface area contributed by atoms with Gasteiger partial charge in [-0.2, -0.15) is 0 Å². The molecule has 0 aliphatic carbocycles. The number of hydrogen-bond acceptors (Lipinski definition) is 3. The minimum absolute atomic E-state index is 0.0439. The number of nitrogens with one attached hydrogen (secondary N) is 1. The zero-order valence-corrected chi connectivity index (χ0v) is 13.8. The van der Waals surface area contributed by atoms with Crippen molar-refractivity contribution in [2.75, 3.05) is 20.3 Å². The summed E-state index contributed by atoms with van der Waals surface area (Å²) >= 11 is 0. The Balaban J connectivity index is 2.28. The van der Waals surface area contributed by atoms with Gasteiger partial charge in [-0.1, -0.05) is 29.8 Å². The lowest BCUT2D eigenvalue weighted by Gasteiger charge is -2.13. The zero-order chi connectivity index (χ0) is 16.1. The molecule has 0 unspecified atom stereocenters. The van der Waals surface area contributed by atoms with E-state index in [1.807, 2.05) is 19.2 Å². The van der Waals surface area contributed by atoms with Gasteiger partial charge in [0.15, 0.2) is 0 Å². The Labute approximate surface area is 131 Å². The van der Waals surface area contributed by atoms with E-state index in [9.17, 15) is 4.79 Å². The van der Waals surface area contributed by atoms with Crippen molar-refractivity contribution in [2.24, 2.45) is 7.05 Å². The Morgan fingerprint density at radius 2 is 1.95 bits per heavy atom. The highest BCUT2D eigenvalue weighted by Gasteiger charge is 2.09. The monoisotopic (exact) mass is 300 g/mol. The van der Waals surface area contributed by atoms with Crippen molar-refractivity contribution in [1.29, 1.82) is 0 Å². The number of nitrogens with zero attached hydrogens (tertiary/aromatic N) is 1. The molecule has 0 saturated carbocycles. The molecule has 0 spiro atoms. The van der Waals surface area contributed by atoms with E-state index in [1.165, 1.54) is 11.1 Å². The maximum absolute atomic E-state index is 12.5. The van der Waals surface area contributed by atoms with Crippen LogP contribution in [0.4, 0.5) is 0 Å². The van der Waals surface area contributed by atoms with Gasteiger partial charge >= 0.3 is 0 Å². The summed E-state index contributed by atoms with van der Waals surface area (Å²) in [4.78, 5) is 12.5. The van der Waals surface area contributed by atoms with Crippen LogP contribution in [0.15, 0.2) is 35.1 Å². The first-order valence-corrected chi connectivity index (χ1v) is 7.50. The Kier molecular flexibility index (Phi) is 5.52. The number of methoxy groups -OCH3 is 1. The quantitative estimate of drug-likeness (QED) is 0.833. The first-order valence-electron chi connectivity index (χ1n) is 7.50. The second-order valence-electron chi connectivity index (χ2n) is 5.60. The average molecular weight is 300 g/mol. The van der Waals surface area contributed by atoms with Gasteiger partial charge in [0.25, 0.3) is 5.56 Å². The van der Waals surface area contributed by atoms with Gasteiger partial charge in [-0.05, 0) is 25.5 Å². The van der Waals surface area contributed by atoms with E-state index in [0.29, 0.717) is 13.2 Å². The summed E-state index contributed by atoms with van der Waals surface area (Å²) in [6, 6.07) is 10.2. The van der Waals surface area contributed by atoms with Crippen LogP contribution in [0.2, 0.25) is 0 Å². The van der Waals surface area contributed by atoms with Crippen LogP contribution in [-0.2, 0) is 18.3 Å².